The van der Waals surface area contributed by atoms with Gasteiger partial charge in [0.1, 0.15) is 6.33 Å². The fourth-order valence-electron chi connectivity index (χ4n) is 0.927. The number of aromatic nitrogens is 3. The Labute approximate surface area is 87.6 Å². The molecule has 80 valence electrons. The average Bonchev–Trinajstić information content (AvgIpc) is 2.67. The Kier molecular flexibility index (Phi) is 5.58. The van der Waals surface area contributed by atoms with Gasteiger partial charge in [0, 0.05) is 13.2 Å². The normalized spacial score (nSPS) is 11.1. The van der Waals surface area contributed by atoms with Crippen LogP contribution in [0.15, 0.2) is 11.5 Å². The minimum atomic E-state index is -0.167. The quantitative estimate of drug-likeness (QED) is 0.551. The second-order valence-corrected chi connectivity index (χ2v) is 3.45. The average molecular weight is 217 g/mol. The summed E-state index contributed by atoms with van der Waals surface area (Å²) in [7, 11) is 0. The third-order valence-corrected chi connectivity index (χ3v) is 2.36. The fourth-order valence-corrected chi connectivity index (χ4v) is 1.65. The summed E-state index contributed by atoms with van der Waals surface area (Å²) in [6, 6.07) is 0. The van der Waals surface area contributed by atoms with E-state index in [1.54, 1.807) is 0 Å². The van der Waals surface area contributed by atoms with Crippen LogP contribution in [-0.4, -0.2) is 40.4 Å². The van der Waals surface area contributed by atoms with Crippen molar-refractivity contribution in [3.8, 4) is 0 Å². The van der Waals surface area contributed by atoms with Gasteiger partial charge < -0.3 is 9.47 Å². The lowest BCUT2D eigenvalue weighted by molar-refractivity contribution is -0.120. The SMILES string of the molecule is CCOC(CSc1ncn[nH]1)OCC. The molecule has 0 saturated carbocycles. The van der Waals surface area contributed by atoms with Crippen LogP contribution >= 0.6 is 11.8 Å². The number of hydrogen-bond donors (Lipinski definition) is 1. The molecule has 0 radical (unpaired) electrons. The largest absolute Gasteiger partial charge is 0.352 e. The van der Waals surface area contributed by atoms with E-state index >= 15 is 0 Å². The predicted molar refractivity (Wildman–Crippen MR) is 54.1 cm³/mol. The smallest absolute Gasteiger partial charge is 0.183 e. The van der Waals surface area contributed by atoms with Crippen molar-refractivity contribution < 1.29 is 9.47 Å². The molecule has 1 rings (SSSR count). The molecule has 0 bridgehead atoms. The zero-order chi connectivity index (χ0) is 10.2. The maximum absolute atomic E-state index is 5.38. The van der Waals surface area contributed by atoms with Crippen LogP contribution in [0.4, 0.5) is 0 Å². The first-order valence-corrected chi connectivity index (χ1v) is 5.56. The minimum Gasteiger partial charge on any atom is -0.352 e. The molecule has 0 spiro atoms. The van der Waals surface area contributed by atoms with E-state index < -0.39 is 0 Å². The van der Waals surface area contributed by atoms with Gasteiger partial charge in [0.05, 0.1) is 5.75 Å². The Hall–Kier alpha value is -0.590. The summed E-state index contributed by atoms with van der Waals surface area (Å²) < 4.78 is 10.8. The summed E-state index contributed by atoms with van der Waals surface area (Å²) in [5.41, 5.74) is 0. The highest BCUT2D eigenvalue weighted by Crippen LogP contribution is 2.14. The lowest BCUT2D eigenvalue weighted by Crippen LogP contribution is -2.20. The van der Waals surface area contributed by atoms with Crippen LogP contribution in [0.2, 0.25) is 0 Å². The van der Waals surface area contributed by atoms with E-state index in [0.29, 0.717) is 13.2 Å². The van der Waals surface area contributed by atoms with Gasteiger partial charge in [0.25, 0.3) is 0 Å². The molecule has 1 heterocycles. The standard InChI is InChI=1S/C8H15N3O2S/c1-3-12-7(13-4-2)5-14-8-9-6-10-11-8/h6-7H,3-5H2,1-2H3,(H,9,10,11). The van der Waals surface area contributed by atoms with Crippen LogP contribution in [0, 0.1) is 0 Å². The summed E-state index contributed by atoms with van der Waals surface area (Å²) in [5.74, 6) is 0.719. The molecule has 6 heteroatoms. The molecule has 0 amide bonds. The molecule has 14 heavy (non-hydrogen) atoms. The molecule has 0 saturated heterocycles. The van der Waals surface area contributed by atoms with Gasteiger partial charge in [-0.25, -0.2) is 4.98 Å². The number of nitrogens with zero attached hydrogens (tertiary/aromatic N) is 2. The summed E-state index contributed by atoms with van der Waals surface area (Å²) in [5, 5.41) is 7.31. The Bertz CT molecular complexity index is 225. The third-order valence-electron chi connectivity index (χ3n) is 1.45. The van der Waals surface area contributed by atoms with Crippen molar-refractivity contribution in [2.45, 2.75) is 25.3 Å². The van der Waals surface area contributed by atoms with Crippen LogP contribution in [0.1, 0.15) is 13.8 Å². The van der Waals surface area contributed by atoms with Gasteiger partial charge in [0.2, 0.25) is 0 Å². The van der Waals surface area contributed by atoms with Gasteiger partial charge in [-0.1, -0.05) is 11.8 Å². The van der Waals surface area contributed by atoms with Crippen molar-refractivity contribution in [1.29, 1.82) is 0 Å². The summed E-state index contributed by atoms with van der Waals surface area (Å²) >= 11 is 1.54. The van der Waals surface area contributed by atoms with Crippen LogP contribution in [0.3, 0.4) is 0 Å². The van der Waals surface area contributed by atoms with E-state index in [-0.39, 0.29) is 6.29 Å². The molecule has 1 N–H and O–H groups in total. The highest BCUT2D eigenvalue weighted by atomic mass is 32.2. The van der Waals surface area contributed by atoms with Crippen molar-refractivity contribution in [1.82, 2.24) is 15.2 Å². The fraction of sp³-hybridized carbons (Fsp3) is 0.750. The Morgan fingerprint density at radius 1 is 1.43 bits per heavy atom. The number of nitrogens with one attached hydrogen (secondary N) is 1. The van der Waals surface area contributed by atoms with E-state index in [1.807, 2.05) is 13.8 Å². The Balaban J connectivity index is 2.25. The van der Waals surface area contributed by atoms with Crippen LogP contribution < -0.4 is 0 Å². The minimum absolute atomic E-state index is 0.167. The highest BCUT2D eigenvalue weighted by Gasteiger charge is 2.09. The summed E-state index contributed by atoms with van der Waals surface area (Å²) in [6.45, 7) is 5.21. The Morgan fingerprint density at radius 3 is 2.64 bits per heavy atom. The van der Waals surface area contributed by atoms with E-state index in [4.69, 9.17) is 9.47 Å². The van der Waals surface area contributed by atoms with Gasteiger partial charge in [-0.05, 0) is 13.8 Å². The molecular formula is C8H15N3O2S. The summed E-state index contributed by atoms with van der Waals surface area (Å²) in [4.78, 5) is 3.99. The van der Waals surface area contributed by atoms with Crippen LogP contribution in [0.5, 0.6) is 0 Å². The van der Waals surface area contributed by atoms with Crippen molar-refractivity contribution in [2.75, 3.05) is 19.0 Å². The van der Waals surface area contributed by atoms with Gasteiger partial charge in [0.15, 0.2) is 11.4 Å². The van der Waals surface area contributed by atoms with E-state index in [0.717, 1.165) is 10.9 Å². The number of rotatable bonds is 7. The van der Waals surface area contributed by atoms with Crippen molar-refractivity contribution in [3.05, 3.63) is 6.33 Å². The van der Waals surface area contributed by atoms with Gasteiger partial charge >= 0.3 is 0 Å². The molecule has 0 fully saturated rings. The van der Waals surface area contributed by atoms with Crippen molar-refractivity contribution >= 4 is 11.8 Å². The topological polar surface area (TPSA) is 60.0 Å². The maximum Gasteiger partial charge on any atom is 0.183 e. The van der Waals surface area contributed by atoms with Crippen LogP contribution in [-0.2, 0) is 9.47 Å². The molecule has 0 aliphatic rings. The van der Waals surface area contributed by atoms with Gasteiger partial charge in [-0.15, -0.1) is 0 Å². The first-order valence-electron chi connectivity index (χ1n) is 4.58. The van der Waals surface area contributed by atoms with Crippen molar-refractivity contribution in [3.63, 3.8) is 0 Å². The molecule has 1 aromatic rings. The molecule has 0 aliphatic heterocycles. The molecule has 5 nitrogen and oxygen atoms in total. The van der Waals surface area contributed by atoms with E-state index in [9.17, 15) is 0 Å². The van der Waals surface area contributed by atoms with Crippen molar-refractivity contribution in [2.24, 2.45) is 0 Å². The lowest BCUT2D eigenvalue weighted by Gasteiger charge is -2.15. The molecule has 1 aromatic heterocycles. The van der Waals surface area contributed by atoms with Gasteiger partial charge in [-0.2, -0.15) is 5.10 Å². The molecule has 0 atom stereocenters. The summed E-state index contributed by atoms with van der Waals surface area (Å²) in [6.07, 6.45) is 1.32. The van der Waals surface area contributed by atoms with E-state index in [2.05, 4.69) is 15.2 Å². The molecular weight excluding hydrogens is 202 g/mol. The highest BCUT2D eigenvalue weighted by molar-refractivity contribution is 7.99. The first-order chi connectivity index (χ1) is 6.86. The monoisotopic (exact) mass is 217 g/mol. The second kappa shape index (κ2) is 6.80. The number of hydrogen-bond acceptors (Lipinski definition) is 5. The number of ether oxygens (including phenoxy) is 2. The number of aromatic amines is 1. The predicted octanol–water partition coefficient (Wildman–Crippen LogP) is 1.30. The second-order valence-electron chi connectivity index (χ2n) is 2.44. The van der Waals surface area contributed by atoms with Gasteiger partial charge in [-0.3, -0.25) is 5.10 Å². The molecule has 0 aliphatic carbocycles. The maximum atomic E-state index is 5.38. The first kappa shape index (κ1) is 11.5. The molecule has 0 unspecified atom stereocenters. The molecule has 0 aromatic carbocycles. The van der Waals surface area contributed by atoms with E-state index in [1.165, 1.54) is 18.1 Å². The zero-order valence-electron chi connectivity index (χ0n) is 8.40. The third kappa shape index (κ3) is 4.08. The zero-order valence-corrected chi connectivity index (χ0v) is 9.21. The number of thioether (sulfide) groups is 1. The Morgan fingerprint density at radius 2 is 2.14 bits per heavy atom. The van der Waals surface area contributed by atoms with Crippen LogP contribution in [0.25, 0.3) is 0 Å². The number of H-pyrrole nitrogens is 1. The lowest BCUT2D eigenvalue weighted by atomic mass is 10.7.